The van der Waals surface area contributed by atoms with Gasteiger partial charge in [0, 0.05) is 19.6 Å². The van der Waals surface area contributed by atoms with Crippen LogP contribution in [0.4, 0.5) is 0 Å². The van der Waals surface area contributed by atoms with Crippen molar-refractivity contribution in [1.29, 1.82) is 0 Å². The van der Waals surface area contributed by atoms with Crippen LogP contribution in [0.15, 0.2) is 0 Å². The normalized spacial score (nSPS) is 12.5. The molecule has 2 N–H and O–H groups in total. The highest BCUT2D eigenvalue weighted by molar-refractivity contribution is 5.78. The summed E-state index contributed by atoms with van der Waals surface area (Å²) in [6.45, 7) is 11.1. The first-order valence-corrected chi connectivity index (χ1v) is 5.12. The van der Waals surface area contributed by atoms with Gasteiger partial charge in [-0.15, -0.1) is 0 Å². The third kappa shape index (κ3) is 6.89. The van der Waals surface area contributed by atoms with Gasteiger partial charge in [-0.2, -0.15) is 0 Å². The van der Waals surface area contributed by atoms with E-state index >= 15 is 0 Å². The van der Waals surface area contributed by atoms with E-state index in [0.717, 1.165) is 20.1 Å². The van der Waals surface area contributed by atoms with Gasteiger partial charge in [0.15, 0.2) is 0 Å². The summed E-state index contributed by atoms with van der Waals surface area (Å²) in [5.41, 5.74) is 0.0673. The molecule has 0 radical (unpaired) electrons. The Kier molecular flexibility index (Phi) is 8.85. The largest absolute Gasteiger partial charge is 0.400 e. The van der Waals surface area contributed by atoms with Crippen LogP contribution in [-0.4, -0.2) is 24.7 Å². The first-order chi connectivity index (χ1) is 6.39. The molecule has 0 aromatic rings. The second-order valence-electron chi connectivity index (χ2n) is 4.38. The average Bonchev–Trinajstić information content (AvgIpc) is 2.14. The number of carbonyl (C=O) groups excluding carboxylic acids is 1. The van der Waals surface area contributed by atoms with Crippen LogP contribution in [0, 0.1) is 11.3 Å². The van der Waals surface area contributed by atoms with Crippen LogP contribution >= 0.6 is 0 Å². The summed E-state index contributed by atoms with van der Waals surface area (Å²) in [4.78, 5) is 11.4. The van der Waals surface area contributed by atoms with Crippen molar-refractivity contribution >= 4 is 5.91 Å². The van der Waals surface area contributed by atoms with Crippen molar-refractivity contribution in [3.8, 4) is 0 Å². The van der Waals surface area contributed by atoms with Crippen LogP contribution < -0.4 is 5.32 Å². The van der Waals surface area contributed by atoms with E-state index in [1.54, 1.807) is 0 Å². The van der Waals surface area contributed by atoms with E-state index in [9.17, 15) is 4.79 Å². The van der Waals surface area contributed by atoms with Crippen molar-refractivity contribution in [2.45, 2.75) is 41.0 Å². The minimum atomic E-state index is 0.0673. The minimum absolute atomic E-state index is 0.0673. The van der Waals surface area contributed by atoms with E-state index in [-0.39, 0.29) is 17.2 Å². The molecule has 0 saturated carbocycles. The smallest absolute Gasteiger partial charge is 0.223 e. The fraction of sp³-hybridized carbons (Fsp3) is 0.909. The zero-order valence-corrected chi connectivity index (χ0v) is 10.3. The molecule has 0 saturated heterocycles. The lowest BCUT2D eigenvalue weighted by atomic mass is 9.81. The highest BCUT2D eigenvalue weighted by atomic mass is 16.2. The number of aliphatic hydroxyl groups excluding tert-OH is 1. The van der Waals surface area contributed by atoms with Crippen LogP contribution in [-0.2, 0) is 4.79 Å². The Morgan fingerprint density at radius 1 is 1.36 bits per heavy atom. The first-order valence-electron chi connectivity index (χ1n) is 5.12. The maximum absolute atomic E-state index is 11.4. The third-order valence-corrected chi connectivity index (χ3v) is 2.24. The second-order valence-corrected chi connectivity index (χ2v) is 4.38. The predicted molar refractivity (Wildman–Crippen MR) is 60.1 cm³/mol. The lowest BCUT2D eigenvalue weighted by Crippen LogP contribution is -2.36. The van der Waals surface area contributed by atoms with Gasteiger partial charge in [-0.3, -0.25) is 4.79 Å². The van der Waals surface area contributed by atoms with Crippen molar-refractivity contribution in [3.05, 3.63) is 0 Å². The van der Waals surface area contributed by atoms with Crippen molar-refractivity contribution in [1.82, 2.24) is 5.32 Å². The Morgan fingerprint density at radius 2 is 1.79 bits per heavy atom. The fourth-order valence-corrected chi connectivity index (χ4v) is 0.795. The van der Waals surface area contributed by atoms with Gasteiger partial charge in [-0.1, -0.05) is 34.6 Å². The standard InChI is InChI=1S/C10H21NO.CH4O/c1-6-7-11-9(12)8(2)10(3,4)5;1-2/h8H,6-7H2,1-5H3,(H,11,12);2H,1H3. The lowest BCUT2D eigenvalue weighted by molar-refractivity contribution is -0.127. The zero-order chi connectivity index (χ0) is 11.8. The second kappa shape index (κ2) is 7.80. The van der Waals surface area contributed by atoms with Gasteiger partial charge in [0.1, 0.15) is 0 Å². The number of hydrogen-bond donors (Lipinski definition) is 2. The molecule has 0 aliphatic carbocycles. The lowest BCUT2D eigenvalue weighted by Gasteiger charge is -2.25. The van der Waals surface area contributed by atoms with Gasteiger partial charge >= 0.3 is 0 Å². The molecule has 0 aliphatic heterocycles. The van der Waals surface area contributed by atoms with Crippen LogP contribution in [0.3, 0.4) is 0 Å². The van der Waals surface area contributed by atoms with E-state index in [1.807, 2.05) is 6.92 Å². The van der Waals surface area contributed by atoms with E-state index in [2.05, 4.69) is 33.0 Å². The Morgan fingerprint density at radius 3 is 2.07 bits per heavy atom. The third-order valence-electron chi connectivity index (χ3n) is 2.24. The number of rotatable bonds is 3. The molecule has 86 valence electrons. The monoisotopic (exact) mass is 203 g/mol. The Balaban J connectivity index is 0. The van der Waals surface area contributed by atoms with Crippen LogP contribution in [0.5, 0.6) is 0 Å². The van der Waals surface area contributed by atoms with Crippen molar-refractivity contribution in [2.75, 3.05) is 13.7 Å². The molecule has 0 spiro atoms. The number of aliphatic hydroxyl groups is 1. The average molecular weight is 203 g/mol. The van der Waals surface area contributed by atoms with Gasteiger partial charge < -0.3 is 10.4 Å². The SMILES string of the molecule is CCCNC(=O)C(C)C(C)(C)C.CO. The molecule has 1 atom stereocenters. The molecule has 0 heterocycles. The summed E-state index contributed by atoms with van der Waals surface area (Å²) >= 11 is 0. The molecular weight excluding hydrogens is 178 g/mol. The molecule has 14 heavy (non-hydrogen) atoms. The molecular formula is C11H25NO2. The number of nitrogens with one attached hydrogen (secondary N) is 1. The fourth-order valence-electron chi connectivity index (χ4n) is 0.795. The summed E-state index contributed by atoms with van der Waals surface area (Å²) in [7, 11) is 1.00. The number of amides is 1. The van der Waals surface area contributed by atoms with Crippen molar-refractivity contribution in [2.24, 2.45) is 11.3 Å². The first kappa shape index (κ1) is 15.9. The van der Waals surface area contributed by atoms with E-state index in [4.69, 9.17) is 5.11 Å². The molecule has 0 aliphatic rings. The topological polar surface area (TPSA) is 49.3 Å². The van der Waals surface area contributed by atoms with Crippen molar-refractivity contribution in [3.63, 3.8) is 0 Å². The molecule has 1 unspecified atom stereocenters. The molecule has 0 aromatic heterocycles. The quantitative estimate of drug-likeness (QED) is 0.735. The summed E-state index contributed by atoms with van der Waals surface area (Å²) in [6, 6.07) is 0. The molecule has 0 bridgehead atoms. The van der Waals surface area contributed by atoms with Gasteiger partial charge in [0.25, 0.3) is 0 Å². The number of hydrogen-bond acceptors (Lipinski definition) is 2. The Bertz CT molecular complexity index is 150. The van der Waals surface area contributed by atoms with Gasteiger partial charge in [-0.25, -0.2) is 0 Å². The summed E-state index contributed by atoms with van der Waals surface area (Å²) < 4.78 is 0. The van der Waals surface area contributed by atoms with E-state index in [0.29, 0.717) is 0 Å². The molecule has 0 fully saturated rings. The van der Waals surface area contributed by atoms with Gasteiger partial charge in [-0.05, 0) is 11.8 Å². The highest BCUT2D eigenvalue weighted by Crippen LogP contribution is 2.24. The Hall–Kier alpha value is -0.570. The highest BCUT2D eigenvalue weighted by Gasteiger charge is 2.25. The summed E-state index contributed by atoms with van der Waals surface area (Å²) in [6.07, 6.45) is 1.00. The number of carbonyl (C=O) groups is 1. The van der Waals surface area contributed by atoms with Gasteiger partial charge in [0.05, 0.1) is 0 Å². The van der Waals surface area contributed by atoms with Crippen molar-refractivity contribution < 1.29 is 9.90 Å². The van der Waals surface area contributed by atoms with E-state index < -0.39 is 0 Å². The van der Waals surface area contributed by atoms with Gasteiger partial charge in [0.2, 0.25) is 5.91 Å². The molecule has 0 aromatic carbocycles. The van der Waals surface area contributed by atoms with Crippen LogP contribution in [0.25, 0.3) is 0 Å². The van der Waals surface area contributed by atoms with Crippen LogP contribution in [0.2, 0.25) is 0 Å². The van der Waals surface area contributed by atoms with E-state index in [1.165, 1.54) is 0 Å². The molecule has 0 rings (SSSR count). The Labute approximate surface area is 87.9 Å². The maximum atomic E-state index is 11.4. The molecule has 3 heteroatoms. The minimum Gasteiger partial charge on any atom is -0.400 e. The molecule has 1 amide bonds. The maximum Gasteiger partial charge on any atom is 0.223 e. The van der Waals surface area contributed by atoms with Crippen LogP contribution in [0.1, 0.15) is 41.0 Å². The summed E-state index contributed by atoms with van der Waals surface area (Å²) in [5.74, 6) is 0.258. The molecule has 3 nitrogen and oxygen atoms in total. The summed E-state index contributed by atoms with van der Waals surface area (Å²) in [5, 5.41) is 9.90. The zero-order valence-electron chi connectivity index (χ0n) is 10.3. The predicted octanol–water partition coefficient (Wildman–Crippen LogP) is 1.80.